The highest BCUT2D eigenvalue weighted by Crippen LogP contribution is 2.38. The van der Waals surface area contributed by atoms with Gasteiger partial charge < -0.3 is 39.6 Å². The Morgan fingerprint density at radius 1 is 1.38 bits per heavy atom. The molecule has 0 saturated carbocycles. The Balaban J connectivity index is 2.23. The highest BCUT2D eigenvalue weighted by Gasteiger charge is 2.62. The van der Waals surface area contributed by atoms with Crippen molar-refractivity contribution in [3.8, 4) is 0 Å². The third-order valence-electron chi connectivity index (χ3n) is 4.27. The van der Waals surface area contributed by atoms with Gasteiger partial charge >= 0.3 is 6.09 Å². The first-order chi connectivity index (χ1) is 11.8. The Kier molecular flexibility index (Phi) is 6.60. The van der Waals surface area contributed by atoms with Crippen LogP contribution in [0.25, 0.3) is 0 Å². The van der Waals surface area contributed by atoms with Crippen molar-refractivity contribution in [3.63, 3.8) is 0 Å². The van der Waals surface area contributed by atoms with E-state index in [1.807, 2.05) is 0 Å². The number of hydrogen-bond acceptors (Lipinski definition) is 8. The normalized spacial score (nSPS) is 38.2. The number of alkyl carbamates (subject to hydrolysis) is 1. The number of aliphatic hydroxyl groups excluding tert-OH is 3. The Labute approximate surface area is 165 Å². The fourth-order valence-electron chi connectivity index (χ4n) is 2.95. The van der Waals surface area contributed by atoms with Gasteiger partial charge in [0.25, 0.3) is 0 Å². The zero-order chi connectivity index (χ0) is 19.9. The molecule has 0 spiro atoms. The van der Waals surface area contributed by atoms with Crippen LogP contribution in [0, 0.1) is 0 Å². The number of alkyl halides is 3. The summed E-state index contributed by atoms with van der Waals surface area (Å²) in [6.45, 7) is 3.98. The zero-order valence-electron chi connectivity index (χ0n) is 14.3. The lowest BCUT2D eigenvalue weighted by Crippen LogP contribution is -2.78. The maximum atomic E-state index is 12.1. The SMILES string of the molecule is CC(O)[C@]1(NC(=O)OCC(Cl)(Cl)Cl)[C@@H](O)O[C@@H]2COC(C)(C)O[C@H]2[C@@H]1O. The Hall–Kier alpha value is -0.100. The average molecular weight is 439 g/mol. The van der Waals surface area contributed by atoms with Crippen LogP contribution in [0.2, 0.25) is 0 Å². The van der Waals surface area contributed by atoms with Crippen LogP contribution in [0.3, 0.4) is 0 Å². The van der Waals surface area contributed by atoms with E-state index >= 15 is 0 Å². The van der Waals surface area contributed by atoms with Gasteiger partial charge in [0.05, 0.1) is 12.7 Å². The summed E-state index contributed by atoms with van der Waals surface area (Å²) in [4.78, 5) is 12.1. The van der Waals surface area contributed by atoms with Crippen LogP contribution >= 0.6 is 34.8 Å². The minimum Gasteiger partial charge on any atom is -0.445 e. The number of halogens is 3. The van der Waals surface area contributed by atoms with Gasteiger partial charge in [-0.1, -0.05) is 34.8 Å². The van der Waals surface area contributed by atoms with Crippen LogP contribution in [0.1, 0.15) is 20.8 Å². The number of ether oxygens (including phenoxy) is 4. The predicted molar refractivity (Wildman–Crippen MR) is 91.0 cm³/mol. The summed E-state index contributed by atoms with van der Waals surface area (Å²) >= 11 is 16.5. The van der Waals surface area contributed by atoms with E-state index in [4.69, 9.17) is 53.8 Å². The molecule has 0 aromatic heterocycles. The first-order valence-electron chi connectivity index (χ1n) is 7.81. The molecule has 4 N–H and O–H groups in total. The molecule has 26 heavy (non-hydrogen) atoms. The van der Waals surface area contributed by atoms with E-state index in [1.54, 1.807) is 13.8 Å². The lowest BCUT2D eigenvalue weighted by Gasteiger charge is -2.55. The lowest BCUT2D eigenvalue weighted by atomic mass is 9.79. The maximum Gasteiger partial charge on any atom is 0.408 e. The molecule has 12 heteroatoms. The van der Waals surface area contributed by atoms with Crippen LogP contribution in [0.15, 0.2) is 0 Å². The summed E-state index contributed by atoms with van der Waals surface area (Å²) in [7, 11) is 0. The molecule has 1 amide bonds. The number of carbonyl (C=O) groups excluding carboxylic acids is 1. The van der Waals surface area contributed by atoms with Crippen molar-refractivity contribution >= 4 is 40.9 Å². The topological polar surface area (TPSA) is 127 Å². The molecule has 9 nitrogen and oxygen atoms in total. The molecule has 2 heterocycles. The Morgan fingerprint density at radius 2 is 2.00 bits per heavy atom. The smallest absolute Gasteiger partial charge is 0.408 e. The molecule has 2 fully saturated rings. The average Bonchev–Trinajstić information content (AvgIpc) is 2.49. The van der Waals surface area contributed by atoms with Gasteiger partial charge in [-0.25, -0.2) is 4.79 Å². The van der Waals surface area contributed by atoms with Crippen molar-refractivity contribution < 1.29 is 39.1 Å². The van der Waals surface area contributed by atoms with Crippen molar-refractivity contribution in [2.45, 2.75) is 66.6 Å². The van der Waals surface area contributed by atoms with Crippen molar-refractivity contribution in [2.75, 3.05) is 13.2 Å². The summed E-state index contributed by atoms with van der Waals surface area (Å²) in [5.41, 5.74) is -2.04. The molecule has 0 aliphatic carbocycles. The van der Waals surface area contributed by atoms with Crippen LogP contribution in [0.5, 0.6) is 0 Å². The van der Waals surface area contributed by atoms with E-state index in [9.17, 15) is 20.1 Å². The molecular weight excluding hydrogens is 417 g/mol. The second-order valence-electron chi connectivity index (χ2n) is 6.69. The largest absolute Gasteiger partial charge is 0.445 e. The number of carbonyl (C=O) groups is 1. The van der Waals surface area contributed by atoms with Gasteiger partial charge in [-0.3, -0.25) is 0 Å². The highest BCUT2D eigenvalue weighted by atomic mass is 35.6. The second-order valence-corrected chi connectivity index (χ2v) is 9.21. The monoisotopic (exact) mass is 437 g/mol. The quantitative estimate of drug-likeness (QED) is 0.467. The zero-order valence-corrected chi connectivity index (χ0v) is 16.6. The van der Waals surface area contributed by atoms with Gasteiger partial charge in [0.2, 0.25) is 3.79 Å². The third kappa shape index (κ3) is 4.65. The van der Waals surface area contributed by atoms with Gasteiger partial charge in [0.15, 0.2) is 12.1 Å². The first kappa shape index (κ1) is 22.2. The van der Waals surface area contributed by atoms with E-state index in [2.05, 4.69) is 5.32 Å². The summed E-state index contributed by atoms with van der Waals surface area (Å²) in [6.07, 6.45) is -7.73. The highest BCUT2D eigenvalue weighted by molar-refractivity contribution is 6.67. The molecule has 1 unspecified atom stereocenters. The lowest BCUT2D eigenvalue weighted by molar-refractivity contribution is -0.382. The van der Waals surface area contributed by atoms with Gasteiger partial charge in [-0.15, -0.1) is 0 Å². The Morgan fingerprint density at radius 3 is 2.54 bits per heavy atom. The molecular formula is C14H22Cl3NO8. The van der Waals surface area contributed by atoms with E-state index in [1.165, 1.54) is 6.92 Å². The van der Waals surface area contributed by atoms with Crippen molar-refractivity contribution in [2.24, 2.45) is 0 Å². The number of fused-ring (bicyclic) bond motifs is 1. The van der Waals surface area contributed by atoms with Gasteiger partial charge in [-0.05, 0) is 20.8 Å². The Bertz CT molecular complexity index is 529. The van der Waals surface area contributed by atoms with Gasteiger partial charge in [0.1, 0.15) is 30.5 Å². The van der Waals surface area contributed by atoms with E-state index in [-0.39, 0.29) is 6.61 Å². The molecule has 0 radical (unpaired) electrons. The molecule has 2 aliphatic heterocycles. The number of rotatable bonds is 3. The van der Waals surface area contributed by atoms with E-state index in [0.29, 0.717) is 0 Å². The summed E-state index contributed by atoms with van der Waals surface area (Å²) < 4.78 is 19.4. The van der Waals surface area contributed by atoms with Crippen LogP contribution in [-0.4, -0.2) is 80.5 Å². The number of hydrogen-bond donors (Lipinski definition) is 4. The molecule has 2 aliphatic rings. The minimum absolute atomic E-state index is 0.0411. The van der Waals surface area contributed by atoms with Crippen LogP contribution in [0.4, 0.5) is 4.79 Å². The van der Waals surface area contributed by atoms with Crippen LogP contribution in [-0.2, 0) is 18.9 Å². The standard InChI is InChI=1S/C14H22Cl3NO8/c1-6(19)14(18-11(22)23-5-13(15,16)17)9(20)8-7(25-10(14)21)4-24-12(2,3)26-8/h6-10,19-21H,4-5H2,1-3H3,(H,18,22)/t6?,7-,8-,9+,10+,14-/m1/s1. The predicted octanol–water partition coefficient (Wildman–Crippen LogP) is 0.432. The fourth-order valence-corrected chi connectivity index (χ4v) is 3.11. The summed E-state index contributed by atoms with van der Waals surface area (Å²) in [5.74, 6) is -1.03. The van der Waals surface area contributed by atoms with E-state index < -0.39 is 58.5 Å². The molecule has 2 rings (SSSR count). The molecule has 6 atom stereocenters. The van der Waals surface area contributed by atoms with E-state index in [0.717, 1.165) is 0 Å². The van der Waals surface area contributed by atoms with Gasteiger partial charge in [-0.2, -0.15) is 0 Å². The summed E-state index contributed by atoms with van der Waals surface area (Å²) in [6, 6.07) is 0. The molecule has 0 bridgehead atoms. The van der Waals surface area contributed by atoms with Crippen LogP contribution < -0.4 is 5.32 Å². The van der Waals surface area contributed by atoms with Crippen molar-refractivity contribution in [3.05, 3.63) is 0 Å². The molecule has 2 saturated heterocycles. The maximum absolute atomic E-state index is 12.1. The number of amides is 1. The molecule has 0 aromatic carbocycles. The first-order valence-corrected chi connectivity index (χ1v) is 8.95. The number of aliphatic hydroxyl groups is 3. The second kappa shape index (κ2) is 7.73. The van der Waals surface area contributed by atoms with Crippen molar-refractivity contribution in [1.29, 1.82) is 0 Å². The molecule has 152 valence electrons. The third-order valence-corrected chi connectivity index (χ3v) is 4.60. The van der Waals surface area contributed by atoms with Gasteiger partial charge in [0, 0.05) is 0 Å². The van der Waals surface area contributed by atoms with Crippen molar-refractivity contribution in [1.82, 2.24) is 5.32 Å². The number of nitrogens with one attached hydrogen (secondary N) is 1. The summed E-state index contributed by atoms with van der Waals surface area (Å²) in [5, 5.41) is 33.7. The molecule has 0 aromatic rings. The minimum atomic E-state index is -2.04. The fraction of sp³-hybridized carbons (Fsp3) is 0.929.